The molecule has 118 valence electrons. The highest BCUT2D eigenvalue weighted by molar-refractivity contribution is 5.67. The van der Waals surface area contributed by atoms with Crippen molar-refractivity contribution in [2.75, 3.05) is 14.2 Å². The van der Waals surface area contributed by atoms with Gasteiger partial charge in [-0.1, -0.05) is 0 Å². The van der Waals surface area contributed by atoms with Crippen LogP contribution in [0.25, 0.3) is 0 Å². The number of nitrogens with zero attached hydrogens (tertiary/aromatic N) is 1. The van der Waals surface area contributed by atoms with E-state index in [1.165, 1.54) is 7.05 Å². The maximum atomic E-state index is 12.6. The summed E-state index contributed by atoms with van der Waals surface area (Å²) < 4.78 is 80.1. The van der Waals surface area contributed by atoms with Gasteiger partial charge in [-0.3, -0.25) is 0 Å². The molecule has 0 aliphatic carbocycles. The minimum absolute atomic E-state index is 0.0294. The van der Waals surface area contributed by atoms with Crippen LogP contribution < -0.4 is 0 Å². The van der Waals surface area contributed by atoms with Crippen LogP contribution >= 0.6 is 0 Å². The lowest BCUT2D eigenvalue weighted by atomic mass is 10.0. The van der Waals surface area contributed by atoms with Gasteiger partial charge >= 0.3 is 18.4 Å². The average Bonchev–Trinajstić information content (AvgIpc) is 2.35. The van der Waals surface area contributed by atoms with Crippen molar-refractivity contribution in [2.45, 2.75) is 18.9 Å². The van der Waals surface area contributed by atoms with Crippen LogP contribution in [0.5, 0.6) is 0 Å². The highest BCUT2D eigenvalue weighted by Crippen LogP contribution is 2.36. The summed E-state index contributed by atoms with van der Waals surface area (Å²) in [5.41, 5.74) is -3.15. The molecule has 0 heterocycles. The van der Waals surface area contributed by atoms with Crippen LogP contribution in [0.4, 0.5) is 31.1 Å². The highest BCUT2D eigenvalue weighted by atomic mass is 19.4. The molecule has 1 rings (SSSR count). The number of hydrogen-bond acceptors (Lipinski definition) is 2. The molecule has 0 aromatic heterocycles. The fourth-order valence-electron chi connectivity index (χ4n) is 1.60. The van der Waals surface area contributed by atoms with Gasteiger partial charge < -0.3 is 9.64 Å². The third-order valence-corrected chi connectivity index (χ3v) is 2.55. The van der Waals surface area contributed by atoms with Gasteiger partial charge in [0.25, 0.3) is 0 Å². The smallest absolute Gasteiger partial charge is 0.416 e. The second-order valence-electron chi connectivity index (χ2n) is 4.24. The molecule has 1 aromatic rings. The predicted octanol–water partition coefficient (Wildman–Crippen LogP) is 3.92. The number of carbonyl (C=O) groups excluding carboxylic acids is 1. The molecule has 0 radical (unpaired) electrons. The van der Waals surface area contributed by atoms with Crippen LogP contribution in [-0.4, -0.2) is 25.2 Å². The molecule has 21 heavy (non-hydrogen) atoms. The predicted molar refractivity (Wildman–Crippen MR) is 60.3 cm³/mol. The van der Waals surface area contributed by atoms with Gasteiger partial charge in [0.15, 0.2) is 0 Å². The van der Waals surface area contributed by atoms with Crippen molar-refractivity contribution < 1.29 is 35.9 Å². The number of methoxy groups -OCH3 is 1. The second kappa shape index (κ2) is 5.82. The summed E-state index contributed by atoms with van der Waals surface area (Å²) in [5.74, 6) is 0. The van der Waals surface area contributed by atoms with Gasteiger partial charge in [-0.2, -0.15) is 26.3 Å². The monoisotopic (exact) mass is 315 g/mol. The Morgan fingerprint density at radius 3 is 1.81 bits per heavy atom. The molecule has 0 unspecified atom stereocenters. The minimum Gasteiger partial charge on any atom is -0.453 e. The van der Waals surface area contributed by atoms with Gasteiger partial charge in [0, 0.05) is 13.6 Å². The third kappa shape index (κ3) is 4.54. The van der Waals surface area contributed by atoms with Gasteiger partial charge in [0.2, 0.25) is 0 Å². The molecule has 0 aliphatic heterocycles. The Morgan fingerprint density at radius 1 is 1.05 bits per heavy atom. The van der Waals surface area contributed by atoms with Crippen LogP contribution in [-0.2, 0) is 23.6 Å². The van der Waals surface area contributed by atoms with Gasteiger partial charge in [0.05, 0.1) is 18.2 Å². The Labute approximate surface area is 116 Å². The molecular weight excluding hydrogens is 304 g/mol. The molecule has 1 amide bonds. The number of rotatable bonds is 2. The van der Waals surface area contributed by atoms with E-state index in [2.05, 4.69) is 4.74 Å². The molecule has 9 heteroatoms. The number of amides is 1. The molecule has 0 spiro atoms. The van der Waals surface area contributed by atoms with Crippen molar-refractivity contribution in [3.05, 3.63) is 34.9 Å². The molecule has 0 bridgehead atoms. The first-order chi connectivity index (χ1) is 9.45. The standard InChI is InChI=1S/C12H11F6NO2/c1-19(10(20)21-2)6-7-3-8(11(13,14)15)5-9(4-7)12(16,17)18/h3-5H,6H2,1-2H3. The Kier molecular flexibility index (Phi) is 4.75. The number of ether oxygens (including phenoxy) is 1. The van der Waals surface area contributed by atoms with E-state index in [1.807, 2.05) is 0 Å². The third-order valence-electron chi connectivity index (χ3n) is 2.55. The van der Waals surface area contributed by atoms with Crippen molar-refractivity contribution in [3.63, 3.8) is 0 Å². The van der Waals surface area contributed by atoms with Gasteiger partial charge in [-0.25, -0.2) is 4.79 Å². The summed E-state index contributed by atoms with van der Waals surface area (Å²) in [6.07, 6.45) is -10.7. The quantitative estimate of drug-likeness (QED) is 0.774. The summed E-state index contributed by atoms with van der Waals surface area (Å²) in [6, 6.07) is 1.16. The molecule has 0 saturated carbocycles. The summed E-state index contributed by atoms with van der Waals surface area (Å²) in [4.78, 5) is 12.0. The summed E-state index contributed by atoms with van der Waals surface area (Å²) in [7, 11) is 2.24. The van der Waals surface area contributed by atoms with E-state index in [4.69, 9.17) is 0 Å². The summed E-state index contributed by atoms with van der Waals surface area (Å²) >= 11 is 0. The van der Waals surface area contributed by atoms with Crippen LogP contribution in [0, 0.1) is 0 Å². The maximum Gasteiger partial charge on any atom is 0.416 e. The number of carbonyl (C=O) groups is 1. The normalized spacial score (nSPS) is 12.2. The number of alkyl halides is 6. The molecule has 0 aliphatic rings. The molecule has 0 fully saturated rings. The summed E-state index contributed by atoms with van der Waals surface area (Å²) in [5, 5.41) is 0. The molecule has 1 aromatic carbocycles. The first-order valence-corrected chi connectivity index (χ1v) is 5.52. The van der Waals surface area contributed by atoms with Crippen molar-refractivity contribution in [2.24, 2.45) is 0 Å². The first-order valence-electron chi connectivity index (χ1n) is 5.52. The fraction of sp³-hybridized carbons (Fsp3) is 0.417. The van der Waals surface area contributed by atoms with Crippen molar-refractivity contribution in [1.29, 1.82) is 0 Å². The van der Waals surface area contributed by atoms with E-state index in [1.54, 1.807) is 0 Å². The maximum absolute atomic E-state index is 12.6. The Bertz CT molecular complexity index is 491. The van der Waals surface area contributed by atoms with Gasteiger partial charge in [-0.05, 0) is 23.8 Å². The minimum atomic E-state index is -4.92. The van der Waals surface area contributed by atoms with E-state index >= 15 is 0 Å². The van der Waals surface area contributed by atoms with E-state index in [0.29, 0.717) is 12.1 Å². The van der Waals surface area contributed by atoms with Crippen molar-refractivity contribution in [1.82, 2.24) is 4.90 Å². The summed E-state index contributed by atoms with van der Waals surface area (Å²) in [6.45, 7) is -0.445. The van der Waals surface area contributed by atoms with E-state index in [0.717, 1.165) is 12.0 Å². The van der Waals surface area contributed by atoms with E-state index in [9.17, 15) is 31.1 Å². The zero-order valence-corrected chi connectivity index (χ0v) is 11.0. The lowest BCUT2D eigenvalue weighted by molar-refractivity contribution is -0.143. The Morgan fingerprint density at radius 2 is 1.48 bits per heavy atom. The Hall–Kier alpha value is -1.93. The molecule has 0 N–H and O–H groups in total. The van der Waals surface area contributed by atoms with Crippen molar-refractivity contribution in [3.8, 4) is 0 Å². The van der Waals surface area contributed by atoms with Crippen LogP contribution in [0.15, 0.2) is 18.2 Å². The molecule has 0 atom stereocenters. The lowest BCUT2D eigenvalue weighted by Gasteiger charge is -2.18. The second-order valence-corrected chi connectivity index (χ2v) is 4.24. The van der Waals surface area contributed by atoms with Crippen LogP contribution in [0.2, 0.25) is 0 Å². The number of hydrogen-bond donors (Lipinski definition) is 0. The largest absolute Gasteiger partial charge is 0.453 e. The fourth-order valence-corrected chi connectivity index (χ4v) is 1.60. The van der Waals surface area contributed by atoms with Gasteiger partial charge in [0.1, 0.15) is 0 Å². The number of benzene rings is 1. The zero-order valence-electron chi connectivity index (χ0n) is 11.0. The lowest BCUT2D eigenvalue weighted by Crippen LogP contribution is -2.26. The number of halogens is 6. The van der Waals surface area contributed by atoms with Gasteiger partial charge in [-0.15, -0.1) is 0 Å². The van der Waals surface area contributed by atoms with E-state index < -0.39 is 36.1 Å². The molecule has 0 saturated heterocycles. The van der Waals surface area contributed by atoms with Crippen LogP contribution in [0.3, 0.4) is 0 Å². The molecular formula is C12H11F6NO2. The zero-order chi connectivity index (χ0) is 16.4. The topological polar surface area (TPSA) is 29.5 Å². The first kappa shape index (κ1) is 17.1. The van der Waals surface area contributed by atoms with E-state index in [-0.39, 0.29) is 11.6 Å². The SMILES string of the molecule is COC(=O)N(C)Cc1cc(C(F)(F)F)cc(C(F)(F)F)c1. The van der Waals surface area contributed by atoms with Crippen molar-refractivity contribution >= 4 is 6.09 Å². The average molecular weight is 315 g/mol. The molecule has 3 nitrogen and oxygen atoms in total. The highest BCUT2D eigenvalue weighted by Gasteiger charge is 2.37. The Balaban J connectivity index is 3.23. The van der Waals surface area contributed by atoms with Crippen LogP contribution in [0.1, 0.15) is 16.7 Å².